The number of hydrogen-bond donors (Lipinski definition) is 3. The van der Waals surface area contributed by atoms with Crippen molar-refractivity contribution < 1.29 is 32.3 Å². The number of amides is 3. The summed E-state index contributed by atoms with van der Waals surface area (Å²) < 4.78 is 56.0. The van der Waals surface area contributed by atoms with Gasteiger partial charge >= 0.3 is 6.03 Å². The topological polar surface area (TPSA) is 84.9 Å². The molecule has 0 bridgehead atoms. The van der Waals surface area contributed by atoms with Crippen LogP contribution in [0.5, 0.6) is 0 Å². The number of anilines is 2. The second-order valence-corrected chi connectivity index (χ2v) is 8.88. The van der Waals surface area contributed by atoms with Crippen molar-refractivity contribution >= 4 is 35.7 Å². The Kier molecular flexibility index (Phi) is 9.41. The Morgan fingerprint density at radius 3 is 2.36 bits per heavy atom. The van der Waals surface area contributed by atoms with Crippen LogP contribution in [0.2, 0.25) is 0 Å². The molecule has 1 heterocycles. The Hall–Kier alpha value is -3.83. The van der Waals surface area contributed by atoms with Crippen LogP contribution in [-0.4, -0.2) is 42.1 Å². The Balaban J connectivity index is 0.00000420. The molecular weight excluding hydrogens is 540 g/mol. The van der Waals surface area contributed by atoms with Crippen molar-refractivity contribution in [1.29, 1.82) is 0 Å². The van der Waals surface area contributed by atoms with E-state index in [2.05, 4.69) is 10.6 Å². The maximum atomic E-state index is 14.9. The van der Waals surface area contributed by atoms with Gasteiger partial charge in [-0.1, -0.05) is 12.1 Å². The number of urea groups is 1. The fourth-order valence-electron chi connectivity index (χ4n) is 4.34. The largest absolute Gasteiger partial charge is 0.395 e. The maximum Gasteiger partial charge on any atom is 0.325 e. The summed E-state index contributed by atoms with van der Waals surface area (Å²) in [5, 5.41) is 14.5. The third-order valence-corrected chi connectivity index (χ3v) is 6.54. The summed E-state index contributed by atoms with van der Waals surface area (Å²) in [4.78, 5) is 29.0. The van der Waals surface area contributed by atoms with Crippen LogP contribution in [0.3, 0.4) is 0 Å². The van der Waals surface area contributed by atoms with Gasteiger partial charge in [-0.25, -0.2) is 22.4 Å². The van der Waals surface area contributed by atoms with Crippen LogP contribution in [0, 0.1) is 23.3 Å². The number of halogens is 5. The van der Waals surface area contributed by atoms with Gasteiger partial charge in [-0.2, -0.15) is 0 Å². The number of hydrogen-bond acceptors (Lipinski definition) is 4. The van der Waals surface area contributed by atoms with Gasteiger partial charge in [0.25, 0.3) is 5.91 Å². The first-order valence-corrected chi connectivity index (χ1v) is 11.8. The number of carbonyl (C=O) groups excluding carboxylic acids is 2. The van der Waals surface area contributed by atoms with E-state index < -0.39 is 47.3 Å². The molecule has 0 aromatic heterocycles. The number of nitrogens with one attached hydrogen (secondary N) is 2. The molecule has 1 atom stereocenters. The summed E-state index contributed by atoms with van der Waals surface area (Å²) in [7, 11) is 1.61. The van der Waals surface area contributed by atoms with Gasteiger partial charge in [0.05, 0.1) is 24.9 Å². The number of fused-ring (bicyclic) bond motifs is 1. The van der Waals surface area contributed by atoms with Crippen molar-refractivity contribution in [2.45, 2.75) is 26.1 Å². The van der Waals surface area contributed by atoms with Crippen molar-refractivity contribution in [2.24, 2.45) is 0 Å². The van der Waals surface area contributed by atoms with Crippen LogP contribution >= 0.6 is 12.4 Å². The molecule has 3 N–H and O–H groups in total. The van der Waals surface area contributed by atoms with E-state index >= 15 is 0 Å². The monoisotopic (exact) mass is 566 g/mol. The van der Waals surface area contributed by atoms with E-state index in [0.717, 1.165) is 0 Å². The van der Waals surface area contributed by atoms with E-state index in [-0.39, 0.29) is 49.3 Å². The van der Waals surface area contributed by atoms with E-state index in [4.69, 9.17) is 5.11 Å². The van der Waals surface area contributed by atoms with Crippen LogP contribution < -0.4 is 15.5 Å². The van der Waals surface area contributed by atoms with Crippen LogP contribution in [0.1, 0.15) is 40.0 Å². The minimum absolute atomic E-state index is 0. The van der Waals surface area contributed by atoms with Crippen LogP contribution in [0.25, 0.3) is 0 Å². The highest BCUT2D eigenvalue weighted by Gasteiger charge is 2.34. The van der Waals surface area contributed by atoms with Crippen molar-refractivity contribution in [2.75, 3.05) is 30.4 Å². The highest BCUT2D eigenvalue weighted by atomic mass is 35.5. The second-order valence-electron chi connectivity index (χ2n) is 8.88. The van der Waals surface area contributed by atoms with Gasteiger partial charge in [0.15, 0.2) is 0 Å². The Labute approximate surface area is 228 Å². The molecule has 3 aromatic rings. The summed E-state index contributed by atoms with van der Waals surface area (Å²) >= 11 is 0. The molecule has 12 heteroatoms. The molecule has 3 aromatic carbocycles. The third kappa shape index (κ3) is 6.10. The predicted octanol–water partition coefficient (Wildman–Crippen LogP) is 5.13. The lowest BCUT2D eigenvalue weighted by molar-refractivity contribution is 0.0950. The molecule has 0 aliphatic carbocycles. The van der Waals surface area contributed by atoms with E-state index in [0.29, 0.717) is 29.1 Å². The number of rotatable bonds is 8. The van der Waals surface area contributed by atoms with E-state index in [1.54, 1.807) is 19.2 Å². The summed E-state index contributed by atoms with van der Waals surface area (Å²) in [6.45, 7) is 1.12. The van der Waals surface area contributed by atoms with Crippen molar-refractivity contribution in [3.63, 3.8) is 0 Å². The van der Waals surface area contributed by atoms with Gasteiger partial charge in [-0.05, 0) is 36.8 Å². The molecule has 7 nitrogen and oxygen atoms in total. The van der Waals surface area contributed by atoms with Crippen LogP contribution in [0.4, 0.5) is 33.7 Å². The molecule has 0 unspecified atom stereocenters. The lowest BCUT2D eigenvalue weighted by atomic mass is 9.98. The molecule has 0 saturated carbocycles. The molecule has 0 radical (unpaired) electrons. The fourth-order valence-corrected chi connectivity index (χ4v) is 4.34. The van der Waals surface area contributed by atoms with Gasteiger partial charge in [-0.3, -0.25) is 9.69 Å². The SMILES string of the molecule is C[C@H]1c2ccc(C(=O)NCc3c(F)cc(F)cc3F)cc2N(Cc2c(F)cccc2NCCO)C(=O)N1C.Cl. The molecule has 3 amide bonds. The van der Waals surface area contributed by atoms with E-state index in [9.17, 15) is 27.2 Å². The molecule has 0 fully saturated rings. The van der Waals surface area contributed by atoms with Gasteiger partial charge in [0.1, 0.15) is 23.3 Å². The first-order chi connectivity index (χ1) is 18.1. The van der Waals surface area contributed by atoms with Gasteiger partial charge in [0, 0.05) is 54.6 Å². The molecule has 1 aliphatic rings. The van der Waals surface area contributed by atoms with Gasteiger partial charge in [-0.15, -0.1) is 12.4 Å². The van der Waals surface area contributed by atoms with Gasteiger partial charge < -0.3 is 20.6 Å². The fraction of sp³-hybridized carbons (Fsp3) is 0.259. The van der Waals surface area contributed by atoms with Crippen molar-refractivity contribution in [1.82, 2.24) is 10.2 Å². The molecule has 4 rings (SSSR count). The molecule has 39 heavy (non-hydrogen) atoms. The van der Waals surface area contributed by atoms with Gasteiger partial charge in [0.2, 0.25) is 0 Å². The third-order valence-electron chi connectivity index (χ3n) is 6.54. The Bertz CT molecular complexity index is 1370. The van der Waals surface area contributed by atoms with Crippen LogP contribution in [0.15, 0.2) is 48.5 Å². The van der Waals surface area contributed by atoms with Crippen LogP contribution in [-0.2, 0) is 13.1 Å². The lowest BCUT2D eigenvalue weighted by Gasteiger charge is -2.40. The first-order valence-electron chi connectivity index (χ1n) is 11.8. The highest BCUT2D eigenvalue weighted by Crippen LogP contribution is 2.38. The first kappa shape index (κ1) is 29.7. The Morgan fingerprint density at radius 1 is 1.00 bits per heavy atom. The normalized spacial score (nSPS) is 14.5. The molecule has 0 spiro atoms. The Morgan fingerprint density at radius 2 is 1.69 bits per heavy atom. The second kappa shape index (κ2) is 12.4. The summed E-state index contributed by atoms with van der Waals surface area (Å²) in [6.07, 6.45) is 0. The van der Waals surface area contributed by atoms with E-state index in [1.165, 1.54) is 34.1 Å². The zero-order chi connectivity index (χ0) is 27.6. The minimum atomic E-state index is -1.13. The van der Waals surface area contributed by atoms with Crippen molar-refractivity contribution in [3.8, 4) is 0 Å². The predicted molar refractivity (Wildman–Crippen MR) is 141 cm³/mol. The highest BCUT2D eigenvalue weighted by molar-refractivity contribution is 6.00. The summed E-state index contributed by atoms with van der Waals surface area (Å²) in [5.41, 5.74) is 1.30. The summed E-state index contributed by atoms with van der Waals surface area (Å²) in [6, 6.07) is 9.33. The number of benzene rings is 3. The maximum absolute atomic E-state index is 14.9. The number of aliphatic hydroxyl groups is 1. The number of nitrogens with zero attached hydrogens (tertiary/aromatic N) is 2. The number of carbonyl (C=O) groups is 2. The zero-order valence-electron chi connectivity index (χ0n) is 21.1. The zero-order valence-corrected chi connectivity index (χ0v) is 21.9. The molecule has 208 valence electrons. The van der Waals surface area contributed by atoms with E-state index in [1.807, 2.05) is 6.92 Å². The minimum Gasteiger partial charge on any atom is -0.395 e. The standard InChI is InChI=1S/C27H26F4N4O3.ClH/c1-15-18-7-6-16(26(37)33-13-19-22(30)11-17(28)12-23(19)31)10-25(18)35(27(38)34(15)2)14-20-21(29)4-3-5-24(20)32-8-9-36;/h3-7,10-12,15,32,36H,8-9,13-14H2,1-2H3,(H,33,37);1H/t15-;/m0./s1. The number of aliphatic hydroxyl groups excluding tert-OH is 1. The average molecular weight is 567 g/mol. The average Bonchev–Trinajstić information content (AvgIpc) is 2.88. The smallest absolute Gasteiger partial charge is 0.325 e. The molecule has 1 aliphatic heterocycles. The molecule has 0 saturated heterocycles. The quantitative estimate of drug-likeness (QED) is 0.330. The summed E-state index contributed by atoms with van der Waals surface area (Å²) in [5.74, 6) is -4.56. The molecular formula is C27H27ClF4N4O3. The lowest BCUT2D eigenvalue weighted by Crippen LogP contribution is -2.46. The van der Waals surface area contributed by atoms with Crippen molar-refractivity contribution in [3.05, 3.63) is 94.1 Å².